The molecule has 7 nitrogen and oxygen atoms in total. The van der Waals surface area contributed by atoms with Crippen molar-refractivity contribution in [2.24, 2.45) is 0 Å². The van der Waals surface area contributed by atoms with Gasteiger partial charge in [0.2, 0.25) is 5.60 Å². The average molecular weight is 343 g/mol. The number of amides is 1. The van der Waals surface area contributed by atoms with Gasteiger partial charge < -0.3 is 14.2 Å². The first kappa shape index (κ1) is 15.8. The molecule has 2 fully saturated rings. The zero-order valence-corrected chi connectivity index (χ0v) is 13.6. The molecule has 1 unspecified atom stereocenters. The van der Waals surface area contributed by atoms with Crippen LogP contribution in [0.1, 0.15) is 18.0 Å². The van der Waals surface area contributed by atoms with E-state index in [0.29, 0.717) is 0 Å². The van der Waals surface area contributed by atoms with Gasteiger partial charge in [-0.15, -0.1) is 0 Å². The van der Waals surface area contributed by atoms with Crippen LogP contribution >= 0.6 is 0 Å². The fraction of sp³-hybridized carbons (Fsp3) is 0.389. The lowest BCUT2D eigenvalue weighted by atomic mass is 9.86. The first-order valence-corrected chi connectivity index (χ1v) is 8.05. The molecular weight excluding hydrogens is 326 g/mol. The maximum absolute atomic E-state index is 12.8. The number of hydrogen-bond donors (Lipinski definition) is 0. The zero-order chi connectivity index (χ0) is 17.6. The topological polar surface area (TPSA) is 82.1 Å². The lowest BCUT2D eigenvalue weighted by Crippen LogP contribution is -2.64. The highest BCUT2D eigenvalue weighted by Gasteiger charge is 2.62. The van der Waals surface area contributed by atoms with Crippen LogP contribution in [0.5, 0.6) is 0 Å². The summed E-state index contributed by atoms with van der Waals surface area (Å²) in [6, 6.07) is 7.67. The van der Waals surface area contributed by atoms with E-state index >= 15 is 0 Å². The van der Waals surface area contributed by atoms with Gasteiger partial charge in [0.25, 0.3) is 0 Å². The van der Waals surface area contributed by atoms with Crippen LogP contribution in [0.2, 0.25) is 0 Å². The number of ketones is 1. The van der Waals surface area contributed by atoms with E-state index < -0.39 is 35.9 Å². The van der Waals surface area contributed by atoms with Crippen molar-refractivity contribution in [3.63, 3.8) is 0 Å². The Morgan fingerprint density at radius 1 is 1.28 bits per heavy atom. The molecule has 4 atom stereocenters. The van der Waals surface area contributed by atoms with E-state index in [4.69, 9.17) is 14.2 Å². The standard InChI is InChI=1S/C18H17NO6/c1-23-16(21)18-8-7-12(25-18)9-14(20)15(18)19-13(10-24-17(19)22)11-5-3-2-4-6-11/h2-8,12-13,15H,9-10H2,1H3/t12-,13+,15?,18+/m1/s1. The smallest absolute Gasteiger partial charge is 0.411 e. The van der Waals surface area contributed by atoms with E-state index in [9.17, 15) is 14.4 Å². The van der Waals surface area contributed by atoms with E-state index in [1.165, 1.54) is 18.1 Å². The fourth-order valence-electron chi connectivity index (χ4n) is 3.79. The molecule has 7 heteroatoms. The van der Waals surface area contributed by atoms with Crippen molar-refractivity contribution in [2.45, 2.75) is 30.2 Å². The van der Waals surface area contributed by atoms with Gasteiger partial charge >= 0.3 is 12.1 Å². The molecule has 0 N–H and O–H groups in total. The minimum absolute atomic E-state index is 0.102. The highest BCUT2D eigenvalue weighted by atomic mass is 16.6. The van der Waals surface area contributed by atoms with E-state index in [1.807, 2.05) is 30.3 Å². The van der Waals surface area contributed by atoms with E-state index in [1.54, 1.807) is 6.08 Å². The van der Waals surface area contributed by atoms with Gasteiger partial charge in [-0.1, -0.05) is 36.4 Å². The zero-order valence-electron chi connectivity index (χ0n) is 13.6. The molecular formula is C18H17NO6. The van der Waals surface area contributed by atoms with E-state index in [-0.39, 0.29) is 18.8 Å². The lowest BCUT2D eigenvalue weighted by molar-refractivity contribution is -0.182. The van der Waals surface area contributed by atoms with Crippen LogP contribution in [0, 0.1) is 0 Å². The number of rotatable bonds is 3. The van der Waals surface area contributed by atoms with Crippen molar-refractivity contribution >= 4 is 17.8 Å². The highest BCUT2D eigenvalue weighted by molar-refractivity contribution is 5.99. The maximum atomic E-state index is 12.8. The molecule has 25 heavy (non-hydrogen) atoms. The number of methoxy groups -OCH3 is 1. The number of Topliss-reactive ketones (excluding diaryl/α,β-unsaturated/α-hetero) is 1. The summed E-state index contributed by atoms with van der Waals surface area (Å²) in [7, 11) is 1.23. The third kappa shape index (κ3) is 2.26. The number of cyclic esters (lactones) is 1. The molecule has 130 valence electrons. The molecule has 3 heterocycles. The maximum Gasteiger partial charge on any atom is 0.411 e. The van der Waals surface area contributed by atoms with Crippen LogP contribution in [-0.2, 0) is 23.8 Å². The predicted octanol–water partition coefficient (Wildman–Crippen LogP) is 1.39. The summed E-state index contributed by atoms with van der Waals surface area (Å²) in [4.78, 5) is 39.1. The summed E-state index contributed by atoms with van der Waals surface area (Å²) in [5, 5.41) is 0. The van der Waals surface area contributed by atoms with Crippen molar-refractivity contribution in [2.75, 3.05) is 13.7 Å². The van der Waals surface area contributed by atoms with Crippen molar-refractivity contribution in [1.29, 1.82) is 0 Å². The second-order valence-electron chi connectivity index (χ2n) is 6.28. The van der Waals surface area contributed by atoms with Gasteiger partial charge in [0.15, 0.2) is 5.78 Å². The SMILES string of the molecule is COC(=O)[C@]12C=C[C@H](CC(=O)C1N1C(=O)OC[C@H]1c1ccccc1)O2. The van der Waals surface area contributed by atoms with E-state index in [0.717, 1.165) is 5.56 Å². The van der Waals surface area contributed by atoms with E-state index in [2.05, 4.69) is 0 Å². The number of ether oxygens (including phenoxy) is 3. The van der Waals surface area contributed by atoms with Gasteiger partial charge in [0, 0.05) is 6.42 Å². The van der Waals surface area contributed by atoms with Gasteiger partial charge in [-0.05, 0) is 11.6 Å². The Bertz CT molecular complexity index is 760. The second-order valence-corrected chi connectivity index (χ2v) is 6.28. The third-order valence-electron chi connectivity index (χ3n) is 4.90. The molecule has 0 aliphatic carbocycles. The number of fused-ring (bicyclic) bond motifs is 2. The quantitative estimate of drug-likeness (QED) is 0.609. The summed E-state index contributed by atoms with van der Waals surface area (Å²) in [5.74, 6) is -0.942. The van der Waals surface area contributed by atoms with Gasteiger partial charge in [-0.3, -0.25) is 9.69 Å². The summed E-state index contributed by atoms with van der Waals surface area (Å²) in [5.41, 5.74) is -0.796. The molecule has 0 radical (unpaired) electrons. The Kier molecular flexibility index (Phi) is 3.61. The normalized spacial score (nSPS) is 33.5. The van der Waals surface area contributed by atoms with Gasteiger partial charge in [0.1, 0.15) is 12.6 Å². The fourth-order valence-corrected chi connectivity index (χ4v) is 3.79. The summed E-state index contributed by atoms with van der Waals surface area (Å²) in [6.45, 7) is 0.108. The Labute approximate surface area is 144 Å². The largest absolute Gasteiger partial charge is 0.467 e. The number of carbonyl (C=O) groups excluding carboxylic acids is 3. The number of esters is 1. The van der Waals surface area contributed by atoms with Crippen molar-refractivity contribution in [3.05, 3.63) is 48.0 Å². The number of hydrogen-bond acceptors (Lipinski definition) is 6. The highest BCUT2D eigenvalue weighted by Crippen LogP contribution is 2.43. The molecule has 0 aromatic heterocycles. The molecule has 2 saturated heterocycles. The molecule has 3 aliphatic rings. The van der Waals surface area contributed by atoms with Crippen LogP contribution in [-0.4, -0.2) is 54.2 Å². The minimum Gasteiger partial charge on any atom is -0.467 e. The summed E-state index contributed by atoms with van der Waals surface area (Å²) in [6.07, 6.45) is 2.19. The molecule has 2 bridgehead atoms. The third-order valence-corrected chi connectivity index (χ3v) is 4.90. The number of benzene rings is 1. The van der Waals surface area contributed by atoms with Gasteiger partial charge in [0.05, 0.1) is 19.3 Å². The van der Waals surface area contributed by atoms with Gasteiger partial charge in [-0.2, -0.15) is 0 Å². The molecule has 0 saturated carbocycles. The summed E-state index contributed by atoms with van der Waals surface area (Å²) >= 11 is 0. The monoisotopic (exact) mass is 343 g/mol. The Balaban J connectivity index is 1.79. The van der Waals surface area contributed by atoms with Crippen molar-refractivity contribution < 1.29 is 28.6 Å². The molecule has 1 aromatic carbocycles. The first-order chi connectivity index (χ1) is 12.1. The number of carbonyl (C=O) groups is 3. The Morgan fingerprint density at radius 3 is 2.76 bits per heavy atom. The molecule has 0 spiro atoms. The summed E-state index contributed by atoms with van der Waals surface area (Å²) < 4.78 is 15.9. The van der Waals surface area contributed by atoms with Crippen LogP contribution in [0.25, 0.3) is 0 Å². The van der Waals surface area contributed by atoms with Crippen LogP contribution < -0.4 is 0 Å². The molecule has 3 aliphatic heterocycles. The molecule has 1 amide bonds. The first-order valence-electron chi connectivity index (χ1n) is 8.05. The minimum atomic E-state index is -1.62. The van der Waals surface area contributed by atoms with Crippen molar-refractivity contribution in [1.82, 2.24) is 4.90 Å². The van der Waals surface area contributed by atoms with Crippen LogP contribution in [0.3, 0.4) is 0 Å². The predicted molar refractivity (Wildman–Crippen MR) is 84.5 cm³/mol. The molecule has 1 aromatic rings. The number of nitrogens with zero attached hydrogens (tertiary/aromatic N) is 1. The van der Waals surface area contributed by atoms with Gasteiger partial charge in [-0.25, -0.2) is 9.59 Å². The van der Waals surface area contributed by atoms with Crippen LogP contribution in [0.4, 0.5) is 4.79 Å². The van der Waals surface area contributed by atoms with Crippen molar-refractivity contribution in [3.8, 4) is 0 Å². The van der Waals surface area contributed by atoms with Crippen LogP contribution in [0.15, 0.2) is 42.5 Å². The molecule has 4 rings (SSSR count). The lowest BCUT2D eigenvalue weighted by Gasteiger charge is -2.42. The second kappa shape index (κ2) is 5.70. The Morgan fingerprint density at radius 2 is 2.04 bits per heavy atom. The average Bonchev–Trinajstić information content (AvgIpc) is 3.18. The Hall–Kier alpha value is -2.67.